The van der Waals surface area contributed by atoms with Crippen LogP contribution in [0.1, 0.15) is 5.56 Å². The van der Waals surface area contributed by atoms with Crippen molar-refractivity contribution in [3.63, 3.8) is 0 Å². The molecule has 3 aromatic rings. The standard InChI is InChI=1S/C14H10Cl2N4O/c15-8-5-9(16)12-6(2-4-21-12)10(8)11-7-1-3-18-13(7)20-14(17)19-11/h1,3,5H,2,4H2,(H3,17,18,19,20). The van der Waals surface area contributed by atoms with E-state index in [0.717, 1.165) is 22.9 Å². The number of H-pyrrole nitrogens is 1. The topological polar surface area (TPSA) is 76.8 Å². The summed E-state index contributed by atoms with van der Waals surface area (Å²) in [4.78, 5) is 11.6. The van der Waals surface area contributed by atoms with Gasteiger partial charge in [-0.25, -0.2) is 4.98 Å². The molecule has 0 saturated carbocycles. The fourth-order valence-corrected chi connectivity index (χ4v) is 3.35. The zero-order chi connectivity index (χ0) is 14.6. The van der Waals surface area contributed by atoms with E-state index >= 15 is 0 Å². The molecule has 0 spiro atoms. The zero-order valence-corrected chi connectivity index (χ0v) is 12.3. The van der Waals surface area contributed by atoms with Crippen LogP contribution in [0.3, 0.4) is 0 Å². The van der Waals surface area contributed by atoms with Crippen molar-refractivity contribution in [1.29, 1.82) is 0 Å². The van der Waals surface area contributed by atoms with Crippen molar-refractivity contribution in [3.8, 4) is 17.0 Å². The van der Waals surface area contributed by atoms with Crippen LogP contribution in [0.2, 0.25) is 10.0 Å². The molecule has 3 heterocycles. The molecule has 2 aromatic heterocycles. The molecule has 1 aliphatic heterocycles. The number of hydrogen-bond donors (Lipinski definition) is 2. The minimum Gasteiger partial charge on any atom is -0.491 e. The highest BCUT2D eigenvalue weighted by molar-refractivity contribution is 6.37. The van der Waals surface area contributed by atoms with Crippen LogP contribution >= 0.6 is 23.2 Å². The predicted octanol–water partition coefficient (Wildman–Crippen LogP) is 3.45. The number of rotatable bonds is 1. The summed E-state index contributed by atoms with van der Waals surface area (Å²) in [6.07, 6.45) is 2.53. The van der Waals surface area contributed by atoms with Crippen LogP contribution in [-0.4, -0.2) is 21.6 Å². The Hall–Kier alpha value is -1.98. The molecule has 21 heavy (non-hydrogen) atoms. The molecule has 0 radical (unpaired) electrons. The molecule has 3 N–H and O–H groups in total. The Balaban J connectivity index is 2.10. The third kappa shape index (κ3) is 1.85. The van der Waals surface area contributed by atoms with Gasteiger partial charge in [0.1, 0.15) is 11.4 Å². The summed E-state index contributed by atoms with van der Waals surface area (Å²) in [6, 6.07) is 3.58. The van der Waals surface area contributed by atoms with E-state index in [-0.39, 0.29) is 5.95 Å². The normalized spacial score (nSPS) is 13.4. The number of nitrogens with one attached hydrogen (secondary N) is 1. The average Bonchev–Trinajstić information content (AvgIpc) is 3.06. The lowest BCUT2D eigenvalue weighted by Gasteiger charge is -2.12. The van der Waals surface area contributed by atoms with Gasteiger partial charge in [0, 0.05) is 29.1 Å². The fourth-order valence-electron chi connectivity index (χ4n) is 2.71. The van der Waals surface area contributed by atoms with Crippen molar-refractivity contribution in [3.05, 3.63) is 33.9 Å². The van der Waals surface area contributed by atoms with Crippen molar-refractivity contribution in [2.45, 2.75) is 6.42 Å². The van der Waals surface area contributed by atoms with Gasteiger partial charge in [0.25, 0.3) is 0 Å². The third-order valence-electron chi connectivity index (χ3n) is 3.55. The molecule has 106 valence electrons. The van der Waals surface area contributed by atoms with Gasteiger partial charge in [0.2, 0.25) is 5.95 Å². The first kappa shape index (κ1) is 12.7. The molecule has 0 amide bonds. The van der Waals surface area contributed by atoms with Crippen LogP contribution in [0.15, 0.2) is 18.3 Å². The lowest BCUT2D eigenvalue weighted by atomic mass is 10.00. The second-order valence-electron chi connectivity index (χ2n) is 4.79. The monoisotopic (exact) mass is 320 g/mol. The average molecular weight is 321 g/mol. The molecule has 0 atom stereocenters. The quantitative estimate of drug-likeness (QED) is 0.720. The lowest BCUT2D eigenvalue weighted by Crippen LogP contribution is -1.99. The summed E-state index contributed by atoms with van der Waals surface area (Å²) in [5, 5.41) is 1.91. The molecule has 4 rings (SSSR count). The fraction of sp³-hybridized carbons (Fsp3) is 0.143. The number of anilines is 1. The molecular weight excluding hydrogens is 311 g/mol. The first-order valence-corrected chi connectivity index (χ1v) is 7.15. The maximum Gasteiger partial charge on any atom is 0.222 e. The van der Waals surface area contributed by atoms with Gasteiger partial charge in [-0.2, -0.15) is 4.98 Å². The Morgan fingerprint density at radius 1 is 1.24 bits per heavy atom. The Morgan fingerprint density at radius 2 is 2.10 bits per heavy atom. The van der Waals surface area contributed by atoms with Crippen molar-refractivity contribution in [2.75, 3.05) is 12.3 Å². The summed E-state index contributed by atoms with van der Waals surface area (Å²) in [5.41, 5.74) is 8.96. The van der Waals surface area contributed by atoms with Crippen molar-refractivity contribution >= 4 is 40.2 Å². The van der Waals surface area contributed by atoms with E-state index < -0.39 is 0 Å². The predicted molar refractivity (Wildman–Crippen MR) is 83.0 cm³/mol. The van der Waals surface area contributed by atoms with Crippen LogP contribution in [0, 0.1) is 0 Å². The Kier molecular flexibility index (Phi) is 2.74. The molecule has 7 heteroatoms. The van der Waals surface area contributed by atoms with Gasteiger partial charge in [0.05, 0.1) is 22.3 Å². The Labute approximate surface area is 130 Å². The van der Waals surface area contributed by atoms with Gasteiger partial charge in [-0.05, 0) is 12.1 Å². The van der Waals surface area contributed by atoms with Crippen LogP contribution in [0.4, 0.5) is 5.95 Å². The van der Waals surface area contributed by atoms with Gasteiger partial charge < -0.3 is 15.5 Å². The van der Waals surface area contributed by atoms with Crippen LogP contribution in [0.25, 0.3) is 22.3 Å². The minimum atomic E-state index is 0.193. The van der Waals surface area contributed by atoms with E-state index in [1.54, 1.807) is 12.3 Å². The molecule has 1 aliphatic rings. The maximum absolute atomic E-state index is 6.42. The molecular formula is C14H10Cl2N4O. The minimum absolute atomic E-state index is 0.193. The SMILES string of the molecule is Nc1nc(-c2c(Cl)cc(Cl)c3c2CCO3)c2cc[nH]c2n1. The summed E-state index contributed by atoms with van der Waals surface area (Å²) in [7, 11) is 0. The van der Waals surface area contributed by atoms with E-state index in [1.807, 2.05) is 6.07 Å². The first-order valence-electron chi connectivity index (χ1n) is 6.40. The van der Waals surface area contributed by atoms with Crippen molar-refractivity contribution < 1.29 is 4.74 Å². The summed E-state index contributed by atoms with van der Waals surface area (Å²) in [6.45, 7) is 0.583. The third-order valence-corrected chi connectivity index (χ3v) is 4.13. The van der Waals surface area contributed by atoms with Gasteiger partial charge in [-0.15, -0.1) is 0 Å². The highest BCUT2D eigenvalue weighted by Crippen LogP contribution is 2.45. The number of fused-ring (bicyclic) bond motifs is 2. The molecule has 0 unspecified atom stereocenters. The van der Waals surface area contributed by atoms with E-state index in [1.165, 1.54) is 0 Å². The largest absolute Gasteiger partial charge is 0.491 e. The van der Waals surface area contributed by atoms with Crippen LogP contribution in [-0.2, 0) is 6.42 Å². The van der Waals surface area contributed by atoms with Gasteiger partial charge in [-0.3, -0.25) is 0 Å². The van der Waals surface area contributed by atoms with Gasteiger partial charge in [0.15, 0.2) is 0 Å². The number of nitrogen functional groups attached to an aromatic ring is 1. The highest BCUT2D eigenvalue weighted by atomic mass is 35.5. The Morgan fingerprint density at radius 3 is 2.95 bits per heavy atom. The number of nitrogens with two attached hydrogens (primary N) is 1. The van der Waals surface area contributed by atoms with E-state index in [0.29, 0.717) is 33.7 Å². The van der Waals surface area contributed by atoms with Crippen LogP contribution < -0.4 is 10.5 Å². The molecule has 0 bridgehead atoms. The molecule has 5 nitrogen and oxygen atoms in total. The second kappa shape index (κ2) is 4.51. The summed E-state index contributed by atoms with van der Waals surface area (Å²) >= 11 is 12.6. The number of halogens is 2. The lowest BCUT2D eigenvalue weighted by molar-refractivity contribution is 0.357. The number of ether oxygens (including phenoxy) is 1. The molecule has 0 saturated heterocycles. The van der Waals surface area contributed by atoms with Crippen molar-refractivity contribution in [1.82, 2.24) is 15.0 Å². The summed E-state index contributed by atoms with van der Waals surface area (Å²) in [5.74, 6) is 0.871. The van der Waals surface area contributed by atoms with Crippen LogP contribution in [0.5, 0.6) is 5.75 Å². The number of benzene rings is 1. The van der Waals surface area contributed by atoms with E-state index in [4.69, 9.17) is 33.7 Å². The van der Waals surface area contributed by atoms with E-state index in [9.17, 15) is 0 Å². The van der Waals surface area contributed by atoms with Crippen molar-refractivity contribution in [2.24, 2.45) is 0 Å². The number of aromatic amines is 1. The number of aromatic nitrogens is 3. The summed E-state index contributed by atoms with van der Waals surface area (Å²) < 4.78 is 5.60. The van der Waals surface area contributed by atoms with Gasteiger partial charge >= 0.3 is 0 Å². The first-order chi connectivity index (χ1) is 10.1. The highest BCUT2D eigenvalue weighted by Gasteiger charge is 2.25. The maximum atomic E-state index is 6.42. The molecule has 0 fully saturated rings. The smallest absolute Gasteiger partial charge is 0.222 e. The zero-order valence-electron chi connectivity index (χ0n) is 10.8. The Bertz CT molecular complexity index is 875. The number of nitrogens with zero attached hydrogens (tertiary/aromatic N) is 2. The second-order valence-corrected chi connectivity index (χ2v) is 5.61. The molecule has 0 aliphatic carbocycles. The van der Waals surface area contributed by atoms with Gasteiger partial charge in [-0.1, -0.05) is 23.2 Å². The molecule has 1 aromatic carbocycles. The number of hydrogen-bond acceptors (Lipinski definition) is 4. The van der Waals surface area contributed by atoms with E-state index in [2.05, 4.69) is 15.0 Å².